The van der Waals surface area contributed by atoms with E-state index in [0.717, 1.165) is 41.2 Å². The molecule has 0 aromatic heterocycles. The lowest BCUT2D eigenvalue weighted by atomic mass is 9.90. The standard InChI is InChI=1S/C16H24O2/c1-10-5-6-13(7-10)16(17)14-8-12(3)15(18-4)9-11(14)2/h8-10,13,16-17H,5-7H2,1-4H3. The lowest BCUT2D eigenvalue weighted by molar-refractivity contribution is 0.109. The Hall–Kier alpha value is -1.02. The van der Waals surface area contributed by atoms with Crippen LogP contribution in [0.5, 0.6) is 5.75 Å². The van der Waals surface area contributed by atoms with Gasteiger partial charge in [0.05, 0.1) is 13.2 Å². The highest BCUT2D eigenvalue weighted by molar-refractivity contribution is 5.42. The molecule has 0 saturated heterocycles. The summed E-state index contributed by atoms with van der Waals surface area (Å²) in [5, 5.41) is 10.6. The van der Waals surface area contributed by atoms with Crippen molar-refractivity contribution in [2.45, 2.75) is 46.1 Å². The molecule has 0 aliphatic heterocycles. The number of aliphatic hydroxyl groups is 1. The molecule has 18 heavy (non-hydrogen) atoms. The number of rotatable bonds is 3. The number of methoxy groups -OCH3 is 1. The lowest BCUT2D eigenvalue weighted by Gasteiger charge is -2.21. The third-order valence-corrected chi connectivity index (χ3v) is 4.28. The summed E-state index contributed by atoms with van der Waals surface area (Å²) in [5.41, 5.74) is 3.31. The van der Waals surface area contributed by atoms with E-state index in [0.29, 0.717) is 5.92 Å². The number of hydrogen-bond acceptors (Lipinski definition) is 2. The fourth-order valence-electron chi connectivity index (χ4n) is 3.14. The van der Waals surface area contributed by atoms with Crippen LogP contribution >= 0.6 is 0 Å². The van der Waals surface area contributed by atoms with Crippen molar-refractivity contribution in [1.29, 1.82) is 0 Å². The minimum atomic E-state index is -0.320. The highest BCUT2D eigenvalue weighted by atomic mass is 16.5. The molecule has 0 heterocycles. The zero-order valence-electron chi connectivity index (χ0n) is 11.9. The molecule has 1 aliphatic rings. The molecule has 0 bridgehead atoms. The fourth-order valence-corrected chi connectivity index (χ4v) is 3.14. The summed E-state index contributed by atoms with van der Waals surface area (Å²) in [5.74, 6) is 2.08. The van der Waals surface area contributed by atoms with Gasteiger partial charge in [0, 0.05) is 0 Å². The van der Waals surface area contributed by atoms with Crippen LogP contribution in [0.25, 0.3) is 0 Å². The van der Waals surface area contributed by atoms with Crippen molar-refractivity contribution in [2.24, 2.45) is 11.8 Å². The van der Waals surface area contributed by atoms with E-state index in [1.165, 1.54) is 6.42 Å². The van der Waals surface area contributed by atoms with Gasteiger partial charge in [-0.1, -0.05) is 13.3 Å². The Kier molecular flexibility index (Phi) is 3.96. The van der Waals surface area contributed by atoms with Gasteiger partial charge in [-0.05, 0) is 67.3 Å². The number of benzene rings is 1. The molecule has 1 aromatic carbocycles. The first kappa shape index (κ1) is 13.4. The van der Waals surface area contributed by atoms with Gasteiger partial charge in [0.2, 0.25) is 0 Å². The van der Waals surface area contributed by atoms with E-state index in [-0.39, 0.29) is 6.10 Å². The molecule has 3 atom stereocenters. The summed E-state index contributed by atoms with van der Waals surface area (Å²) in [7, 11) is 1.69. The highest BCUT2D eigenvalue weighted by Crippen LogP contribution is 2.40. The van der Waals surface area contributed by atoms with Crippen molar-refractivity contribution in [3.8, 4) is 5.75 Å². The first-order valence-corrected chi connectivity index (χ1v) is 6.86. The Labute approximate surface area is 110 Å². The van der Waals surface area contributed by atoms with Crippen LogP contribution in [-0.2, 0) is 0 Å². The zero-order chi connectivity index (χ0) is 13.3. The third-order valence-electron chi connectivity index (χ3n) is 4.28. The topological polar surface area (TPSA) is 29.5 Å². The average Bonchev–Trinajstić information content (AvgIpc) is 2.77. The molecule has 1 fully saturated rings. The maximum Gasteiger partial charge on any atom is 0.122 e. The summed E-state index contributed by atoms with van der Waals surface area (Å²) >= 11 is 0. The van der Waals surface area contributed by atoms with Gasteiger partial charge in [-0.15, -0.1) is 0 Å². The molecule has 0 spiro atoms. The van der Waals surface area contributed by atoms with E-state index in [2.05, 4.69) is 19.9 Å². The molecule has 1 saturated carbocycles. The first-order chi connectivity index (χ1) is 8.52. The SMILES string of the molecule is COc1cc(C)c(C(O)C2CCC(C)C2)cc1C. The maximum absolute atomic E-state index is 10.6. The number of aliphatic hydroxyl groups excluding tert-OH is 1. The molecule has 0 amide bonds. The van der Waals surface area contributed by atoms with E-state index < -0.39 is 0 Å². The third kappa shape index (κ3) is 2.54. The second-order valence-electron chi connectivity index (χ2n) is 5.80. The first-order valence-electron chi connectivity index (χ1n) is 6.86. The molecule has 0 radical (unpaired) electrons. The Morgan fingerprint density at radius 1 is 1.22 bits per heavy atom. The zero-order valence-corrected chi connectivity index (χ0v) is 11.9. The van der Waals surface area contributed by atoms with Crippen molar-refractivity contribution < 1.29 is 9.84 Å². The largest absolute Gasteiger partial charge is 0.496 e. The monoisotopic (exact) mass is 248 g/mol. The van der Waals surface area contributed by atoms with Crippen LogP contribution < -0.4 is 4.74 Å². The molecular weight excluding hydrogens is 224 g/mol. The molecule has 3 unspecified atom stereocenters. The second-order valence-corrected chi connectivity index (χ2v) is 5.80. The Bertz CT molecular complexity index is 425. The smallest absolute Gasteiger partial charge is 0.122 e. The molecule has 100 valence electrons. The summed E-state index contributed by atoms with van der Waals surface area (Å²) in [6.07, 6.45) is 3.22. The van der Waals surface area contributed by atoms with Gasteiger partial charge in [-0.2, -0.15) is 0 Å². The van der Waals surface area contributed by atoms with Crippen LogP contribution in [0.15, 0.2) is 12.1 Å². The van der Waals surface area contributed by atoms with Gasteiger partial charge in [-0.3, -0.25) is 0 Å². The van der Waals surface area contributed by atoms with E-state index in [4.69, 9.17) is 4.74 Å². The molecule has 1 N–H and O–H groups in total. The minimum Gasteiger partial charge on any atom is -0.496 e. The van der Waals surface area contributed by atoms with Gasteiger partial charge >= 0.3 is 0 Å². The van der Waals surface area contributed by atoms with Crippen LogP contribution in [0.2, 0.25) is 0 Å². The molecular formula is C16H24O2. The number of hydrogen-bond donors (Lipinski definition) is 1. The van der Waals surface area contributed by atoms with Crippen LogP contribution in [0, 0.1) is 25.7 Å². The summed E-state index contributed by atoms with van der Waals surface area (Å²) < 4.78 is 5.32. The molecule has 1 aliphatic carbocycles. The predicted molar refractivity (Wildman–Crippen MR) is 73.9 cm³/mol. The second kappa shape index (κ2) is 5.31. The van der Waals surface area contributed by atoms with E-state index in [9.17, 15) is 5.11 Å². The summed E-state index contributed by atoms with van der Waals surface area (Å²) in [6, 6.07) is 4.12. The minimum absolute atomic E-state index is 0.320. The number of ether oxygens (including phenoxy) is 1. The van der Waals surface area contributed by atoms with Crippen molar-refractivity contribution in [3.63, 3.8) is 0 Å². The normalized spacial score (nSPS) is 25.2. The van der Waals surface area contributed by atoms with Gasteiger partial charge in [0.1, 0.15) is 5.75 Å². The van der Waals surface area contributed by atoms with Crippen LogP contribution in [-0.4, -0.2) is 12.2 Å². The molecule has 2 rings (SSSR count). The van der Waals surface area contributed by atoms with Gasteiger partial charge in [0.15, 0.2) is 0 Å². The summed E-state index contributed by atoms with van der Waals surface area (Å²) in [6.45, 7) is 6.36. The molecule has 1 aromatic rings. The van der Waals surface area contributed by atoms with Crippen molar-refractivity contribution in [1.82, 2.24) is 0 Å². The number of aryl methyl sites for hydroxylation is 2. The Balaban J connectivity index is 2.25. The fraction of sp³-hybridized carbons (Fsp3) is 0.625. The van der Waals surface area contributed by atoms with Crippen LogP contribution in [0.1, 0.15) is 49.0 Å². The van der Waals surface area contributed by atoms with Crippen LogP contribution in [0.4, 0.5) is 0 Å². The molecule has 2 nitrogen and oxygen atoms in total. The summed E-state index contributed by atoms with van der Waals surface area (Å²) in [4.78, 5) is 0. The maximum atomic E-state index is 10.6. The van der Waals surface area contributed by atoms with E-state index >= 15 is 0 Å². The van der Waals surface area contributed by atoms with Gasteiger partial charge < -0.3 is 9.84 Å². The van der Waals surface area contributed by atoms with Crippen LogP contribution in [0.3, 0.4) is 0 Å². The molecule has 2 heteroatoms. The Morgan fingerprint density at radius 2 is 1.94 bits per heavy atom. The average molecular weight is 248 g/mol. The van der Waals surface area contributed by atoms with Crippen molar-refractivity contribution in [3.05, 3.63) is 28.8 Å². The van der Waals surface area contributed by atoms with E-state index in [1.54, 1.807) is 7.11 Å². The predicted octanol–water partition coefficient (Wildman–Crippen LogP) is 3.78. The Morgan fingerprint density at radius 3 is 2.50 bits per heavy atom. The van der Waals surface area contributed by atoms with Gasteiger partial charge in [-0.25, -0.2) is 0 Å². The van der Waals surface area contributed by atoms with Gasteiger partial charge in [0.25, 0.3) is 0 Å². The van der Waals surface area contributed by atoms with Crippen molar-refractivity contribution >= 4 is 0 Å². The van der Waals surface area contributed by atoms with E-state index in [1.807, 2.05) is 13.0 Å². The van der Waals surface area contributed by atoms with Crippen molar-refractivity contribution in [2.75, 3.05) is 7.11 Å². The highest BCUT2D eigenvalue weighted by Gasteiger charge is 2.29. The lowest BCUT2D eigenvalue weighted by Crippen LogP contribution is -2.11. The quantitative estimate of drug-likeness (QED) is 0.882.